The first-order valence-corrected chi connectivity index (χ1v) is 8.65. The van der Waals surface area contributed by atoms with Gasteiger partial charge in [0, 0.05) is 16.3 Å². The molecule has 9 heteroatoms. The van der Waals surface area contributed by atoms with E-state index in [2.05, 4.69) is 20.8 Å². The van der Waals surface area contributed by atoms with Crippen LogP contribution in [-0.2, 0) is 11.3 Å². The largest absolute Gasteiger partial charge is 0.465 e. The van der Waals surface area contributed by atoms with E-state index in [0.29, 0.717) is 33.1 Å². The average molecular weight is 403 g/mol. The van der Waals surface area contributed by atoms with E-state index in [1.165, 1.54) is 7.11 Å². The Kier molecular flexibility index (Phi) is 6.00. The fourth-order valence-corrected chi connectivity index (χ4v) is 2.53. The number of nitrogens with zero attached hydrogens (tertiary/aromatic N) is 2. The van der Waals surface area contributed by atoms with Crippen molar-refractivity contribution in [2.75, 3.05) is 12.4 Å². The summed E-state index contributed by atoms with van der Waals surface area (Å²) in [6.45, 7) is 0.253. The van der Waals surface area contributed by atoms with Crippen LogP contribution in [0.15, 0.2) is 53.1 Å². The first kappa shape index (κ1) is 18.8. The van der Waals surface area contributed by atoms with Crippen LogP contribution in [0.5, 0.6) is 0 Å². The molecule has 138 valence electrons. The molecule has 0 aliphatic rings. The number of esters is 1. The van der Waals surface area contributed by atoms with Gasteiger partial charge in [0.1, 0.15) is 0 Å². The zero-order valence-corrected chi connectivity index (χ0v) is 15.8. The Morgan fingerprint density at radius 3 is 2.78 bits per heavy atom. The van der Waals surface area contributed by atoms with E-state index in [1.807, 2.05) is 12.1 Å². The lowest BCUT2D eigenvalue weighted by Crippen LogP contribution is -2.28. The second-order valence-corrected chi connectivity index (χ2v) is 6.24. The molecule has 0 unspecified atom stereocenters. The number of hydrogen-bond acceptors (Lipinski definition) is 6. The molecule has 27 heavy (non-hydrogen) atoms. The van der Waals surface area contributed by atoms with E-state index in [-0.39, 0.29) is 6.54 Å². The van der Waals surface area contributed by atoms with Gasteiger partial charge in [-0.1, -0.05) is 22.8 Å². The number of benzene rings is 2. The summed E-state index contributed by atoms with van der Waals surface area (Å²) in [7, 11) is 1.33. The highest BCUT2D eigenvalue weighted by molar-refractivity contribution is 7.80. The highest BCUT2D eigenvalue weighted by atomic mass is 35.5. The van der Waals surface area contributed by atoms with E-state index >= 15 is 0 Å². The van der Waals surface area contributed by atoms with Crippen molar-refractivity contribution in [2.45, 2.75) is 6.54 Å². The van der Waals surface area contributed by atoms with Crippen molar-refractivity contribution < 1.29 is 14.1 Å². The summed E-state index contributed by atoms with van der Waals surface area (Å²) in [5.74, 6) is 0.429. The van der Waals surface area contributed by atoms with E-state index in [0.717, 1.165) is 5.56 Å². The van der Waals surface area contributed by atoms with Crippen molar-refractivity contribution in [3.05, 3.63) is 65.0 Å². The lowest BCUT2D eigenvalue weighted by molar-refractivity contribution is 0.0601. The number of aromatic nitrogens is 2. The molecule has 1 heterocycles. The van der Waals surface area contributed by atoms with Gasteiger partial charge in [-0.15, -0.1) is 0 Å². The summed E-state index contributed by atoms with van der Waals surface area (Å²) >= 11 is 11.1. The minimum Gasteiger partial charge on any atom is -0.465 e. The van der Waals surface area contributed by atoms with Gasteiger partial charge in [-0.05, 0) is 54.7 Å². The first-order valence-electron chi connectivity index (χ1n) is 7.87. The summed E-state index contributed by atoms with van der Waals surface area (Å²) in [6.07, 6.45) is 0. The molecular weight excluding hydrogens is 388 g/mol. The van der Waals surface area contributed by atoms with Gasteiger partial charge in [-0.3, -0.25) is 0 Å². The van der Waals surface area contributed by atoms with Crippen LogP contribution >= 0.6 is 23.8 Å². The number of carbonyl (C=O) groups is 1. The van der Waals surface area contributed by atoms with Crippen LogP contribution in [-0.4, -0.2) is 28.3 Å². The third-order valence-electron chi connectivity index (χ3n) is 3.51. The monoisotopic (exact) mass is 402 g/mol. The average Bonchev–Trinajstić information content (AvgIpc) is 3.15. The van der Waals surface area contributed by atoms with Crippen molar-refractivity contribution >= 4 is 40.6 Å². The van der Waals surface area contributed by atoms with Gasteiger partial charge in [0.15, 0.2) is 5.11 Å². The van der Waals surface area contributed by atoms with Crippen LogP contribution < -0.4 is 10.6 Å². The van der Waals surface area contributed by atoms with Crippen LogP contribution in [0.25, 0.3) is 11.4 Å². The molecule has 3 rings (SSSR count). The van der Waals surface area contributed by atoms with Crippen molar-refractivity contribution in [2.24, 2.45) is 0 Å². The first-order chi connectivity index (χ1) is 13.0. The summed E-state index contributed by atoms with van der Waals surface area (Å²) in [5.41, 5.74) is 1.88. The fraction of sp³-hybridized carbons (Fsp3) is 0.111. The molecule has 3 aromatic rings. The van der Waals surface area contributed by atoms with Gasteiger partial charge in [0.25, 0.3) is 0 Å². The number of rotatable bonds is 5. The summed E-state index contributed by atoms with van der Waals surface area (Å²) in [6, 6.07) is 13.9. The van der Waals surface area contributed by atoms with Crippen molar-refractivity contribution in [3.8, 4) is 11.4 Å². The van der Waals surface area contributed by atoms with Gasteiger partial charge in [-0.2, -0.15) is 4.98 Å². The summed E-state index contributed by atoms with van der Waals surface area (Å²) in [5, 5.41) is 10.9. The lowest BCUT2D eigenvalue weighted by atomic mass is 10.2. The Morgan fingerprint density at radius 2 is 2.04 bits per heavy atom. The van der Waals surface area contributed by atoms with Gasteiger partial charge in [-0.25, -0.2) is 4.79 Å². The molecule has 0 amide bonds. The molecule has 0 saturated heterocycles. The summed E-state index contributed by atoms with van der Waals surface area (Å²) < 4.78 is 9.91. The third-order valence-corrected chi connectivity index (χ3v) is 4.01. The molecule has 0 aliphatic heterocycles. The molecule has 0 bridgehead atoms. The predicted molar refractivity (Wildman–Crippen MR) is 106 cm³/mol. The van der Waals surface area contributed by atoms with Gasteiger partial charge < -0.3 is 19.9 Å². The second-order valence-electron chi connectivity index (χ2n) is 5.40. The van der Waals surface area contributed by atoms with Crippen LogP contribution in [0.4, 0.5) is 5.69 Å². The van der Waals surface area contributed by atoms with Gasteiger partial charge in [0.2, 0.25) is 11.7 Å². The molecule has 1 aromatic heterocycles. The molecule has 0 spiro atoms. The lowest BCUT2D eigenvalue weighted by Gasteiger charge is -2.09. The second kappa shape index (κ2) is 8.61. The fourth-order valence-electron chi connectivity index (χ4n) is 2.22. The van der Waals surface area contributed by atoms with E-state index in [4.69, 9.17) is 33.1 Å². The number of methoxy groups -OCH3 is 1. The zero-order valence-electron chi connectivity index (χ0n) is 14.2. The predicted octanol–water partition coefficient (Wildman–Crippen LogP) is 3.66. The van der Waals surface area contributed by atoms with E-state index < -0.39 is 5.97 Å². The smallest absolute Gasteiger partial charge is 0.337 e. The number of ether oxygens (including phenoxy) is 1. The van der Waals surface area contributed by atoms with Crippen LogP contribution in [0.3, 0.4) is 0 Å². The van der Waals surface area contributed by atoms with Crippen LogP contribution in [0.1, 0.15) is 16.2 Å². The van der Waals surface area contributed by atoms with Crippen molar-refractivity contribution in [1.82, 2.24) is 15.5 Å². The number of halogens is 1. The molecule has 2 N–H and O–H groups in total. The molecule has 0 aliphatic carbocycles. The Morgan fingerprint density at radius 1 is 1.26 bits per heavy atom. The molecule has 0 fully saturated rings. The summed E-state index contributed by atoms with van der Waals surface area (Å²) in [4.78, 5) is 15.9. The Labute approximate surface area is 165 Å². The zero-order chi connectivity index (χ0) is 19.2. The standard InChI is InChI=1S/C18H15ClN4O3S/c1-25-17(24)12-3-2-4-14(9-12)21-18(27)20-10-15-22-16(23-26-15)11-5-7-13(19)8-6-11/h2-9H,10H2,1H3,(H2,20,21,27). The SMILES string of the molecule is COC(=O)c1cccc(NC(=S)NCc2nc(-c3ccc(Cl)cc3)no2)c1. The molecule has 7 nitrogen and oxygen atoms in total. The maximum atomic E-state index is 11.6. The molecule has 0 atom stereocenters. The molecule has 0 radical (unpaired) electrons. The van der Waals surface area contributed by atoms with E-state index in [9.17, 15) is 4.79 Å². The Bertz CT molecular complexity index is 959. The van der Waals surface area contributed by atoms with Gasteiger partial charge >= 0.3 is 5.97 Å². The normalized spacial score (nSPS) is 10.3. The van der Waals surface area contributed by atoms with Crippen molar-refractivity contribution in [3.63, 3.8) is 0 Å². The van der Waals surface area contributed by atoms with Gasteiger partial charge in [0.05, 0.1) is 19.2 Å². The highest BCUT2D eigenvalue weighted by Crippen LogP contribution is 2.18. The maximum absolute atomic E-state index is 11.6. The minimum atomic E-state index is -0.418. The third kappa shape index (κ3) is 5.02. The molecule has 2 aromatic carbocycles. The highest BCUT2D eigenvalue weighted by Gasteiger charge is 2.10. The van der Waals surface area contributed by atoms with Crippen LogP contribution in [0, 0.1) is 0 Å². The Balaban J connectivity index is 1.57. The van der Waals surface area contributed by atoms with Crippen LogP contribution in [0.2, 0.25) is 5.02 Å². The Hall–Kier alpha value is -2.97. The minimum absolute atomic E-state index is 0.253. The quantitative estimate of drug-likeness (QED) is 0.493. The number of carbonyl (C=O) groups excluding carboxylic acids is 1. The number of thiocarbonyl (C=S) groups is 1. The number of hydrogen-bond donors (Lipinski definition) is 2. The molecular formula is C18H15ClN4O3S. The number of nitrogens with one attached hydrogen (secondary N) is 2. The topological polar surface area (TPSA) is 89.3 Å². The maximum Gasteiger partial charge on any atom is 0.337 e. The molecule has 0 saturated carbocycles. The number of anilines is 1. The van der Waals surface area contributed by atoms with Crippen molar-refractivity contribution in [1.29, 1.82) is 0 Å². The van der Waals surface area contributed by atoms with E-state index in [1.54, 1.807) is 36.4 Å².